The number of ether oxygens (including phenoxy) is 1. The monoisotopic (exact) mass is 274 g/mol. The molecule has 0 saturated carbocycles. The van der Waals surface area contributed by atoms with E-state index < -0.39 is 0 Å². The van der Waals surface area contributed by atoms with E-state index in [4.69, 9.17) is 4.74 Å². The number of anilines is 1. The lowest BCUT2D eigenvalue weighted by Crippen LogP contribution is -2.54. The van der Waals surface area contributed by atoms with E-state index in [0.717, 1.165) is 31.5 Å². The fraction of sp³-hybridized carbons (Fsp3) is 0.562. The van der Waals surface area contributed by atoms with Crippen molar-refractivity contribution in [3.05, 3.63) is 29.8 Å². The van der Waals surface area contributed by atoms with E-state index in [1.807, 2.05) is 11.0 Å². The van der Waals surface area contributed by atoms with Crippen LogP contribution in [-0.4, -0.2) is 42.6 Å². The SMILES string of the molecule is CCC1COCCN1C(=O)C1CCc2ccccc2N1. The fourth-order valence-corrected chi connectivity index (χ4v) is 3.11. The molecule has 2 aliphatic rings. The number of rotatable bonds is 2. The summed E-state index contributed by atoms with van der Waals surface area (Å²) >= 11 is 0. The Labute approximate surface area is 120 Å². The molecule has 0 aromatic heterocycles. The van der Waals surface area contributed by atoms with E-state index in [1.165, 1.54) is 5.56 Å². The molecule has 4 nitrogen and oxygen atoms in total. The number of aryl methyl sites for hydroxylation is 1. The Balaban J connectivity index is 1.72. The zero-order valence-electron chi connectivity index (χ0n) is 12.0. The first-order chi connectivity index (χ1) is 9.79. The highest BCUT2D eigenvalue weighted by Crippen LogP contribution is 2.26. The molecule has 1 aromatic carbocycles. The van der Waals surface area contributed by atoms with Crippen LogP contribution in [0.4, 0.5) is 5.69 Å². The Bertz CT molecular complexity index is 489. The maximum Gasteiger partial charge on any atom is 0.245 e. The zero-order chi connectivity index (χ0) is 13.9. The molecule has 108 valence electrons. The van der Waals surface area contributed by atoms with Crippen LogP contribution in [-0.2, 0) is 16.0 Å². The summed E-state index contributed by atoms with van der Waals surface area (Å²) in [6.45, 7) is 4.16. The molecular weight excluding hydrogens is 252 g/mol. The number of morpholine rings is 1. The second-order valence-electron chi connectivity index (χ2n) is 5.56. The van der Waals surface area contributed by atoms with E-state index in [-0.39, 0.29) is 18.0 Å². The standard InChI is InChI=1S/C16H22N2O2/c1-2-13-11-20-10-9-18(13)16(19)15-8-7-12-5-3-4-6-14(12)17-15/h3-6,13,15,17H,2,7-11H2,1H3. The molecule has 4 heteroatoms. The summed E-state index contributed by atoms with van der Waals surface area (Å²) in [5.74, 6) is 0.231. The van der Waals surface area contributed by atoms with Crippen LogP contribution < -0.4 is 5.32 Å². The Morgan fingerprint density at radius 3 is 3.15 bits per heavy atom. The lowest BCUT2D eigenvalue weighted by atomic mass is 9.96. The van der Waals surface area contributed by atoms with E-state index >= 15 is 0 Å². The normalized spacial score (nSPS) is 25.8. The minimum absolute atomic E-state index is 0.0861. The highest BCUT2D eigenvalue weighted by molar-refractivity contribution is 5.86. The average Bonchev–Trinajstić information content (AvgIpc) is 2.53. The second-order valence-corrected chi connectivity index (χ2v) is 5.56. The maximum atomic E-state index is 12.7. The number of nitrogens with zero attached hydrogens (tertiary/aromatic N) is 1. The molecule has 3 rings (SSSR count). The molecule has 20 heavy (non-hydrogen) atoms. The molecule has 2 atom stereocenters. The number of hydrogen-bond donors (Lipinski definition) is 1. The zero-order valence-corrected chi connectivity index (χ0v) is 12.0. The first kappa shape index (κ1) is 13.4. The van der Waals surface area contributed by atoms with Crippen LogP contribution in [0, 0.1) is 0 Å². The van der Waals surface area contributed by atoms with Gasteiger partial charge in [0.2, 0.25) is 5.91 Å². The van der Waals surface area contributed by atoms with E-state index in [1.54, 1.807) is 0 Å². The van der Waals surface area contributed by atoms with Gasteiger partial charge in [0.15, 0.2) is 0 Å². The quantitative estimate of drug-likeness (QED) is 0.897. The minimum Gasteiger partial charge on any atom is -0.377 e. The molecule has 0 spiro atoms. The molecule has 1 saturated heterocycles. The molecule has 0 bridgehead atoms. The van der Waals surface area contributed by atoms with Crippen LogP contribution >= 0.6 is 0 Å². The molecule has 2 unspecified atom stereocenters. The van der Waals surface area contributed by atoms with Crippen LogP contribution in [0.1, 0.15) is 25.3 Å². The summed E-state index contributed by atoms with van der Waals surface area (Å²) in [4.78, 5) is 14.7. The Kier molecular flexibility index (Phi) is 3.92. The summed E-state index contributed by atoms with van der Waals surface area (Å²) in [5.41, 5.74) is 2.42. The average molecular weight is 274 g/mol. The van der Waals surface area contributed by atoms with E-state index in [0.29, 0.717) is 13.2 Å². The molecule has 0 radical (unpaired) electrons. The minimum atomic E-state index is -0.0861. The Morgan fingerprint density at radius 1 is 1.45 bits per heavy atom. The van der Waals surface area contributed by atoms with Crippen molar-refractivity contribution in [1.82, 2.24) is 4.90 Å². The third kappa shape index (κ3) is 2.52. The lowest BCUT2D eigenvalue weighted by Gasteiger charge is -2.38. The van der Waals surface area contributed by atoms with E-state index in [2.05, 4.69) is 30.4 Å². The first-order valence-electron chi connectivity index (χ1n) is 7.52. The van der Waals surface area contributed by atoms with Crippen molar-refractivity contribution in [2.45, 2.75) is 38.3 Å². The molecule has 1 aromatic rings. The van der Waals surface area contributed by atoms with Gasteiger partial charge in [-0.25, -0.2) is 0 Å². The van der Waals surface area contributed by atoms with Gasteiger partial charge >= 0.3 is 0 Å². The molecule has 1 N–H and O–H groups in total. The summed E-state index contributed by atoms with van der Waals surface area (Å²) in [6, 6.07) is 8.41. The predicted molar refractivity (Wildman–Crippen MR) is 78.8 cm³/mol. The van der Waals surface area contributed by atoms with Crippen molar-refractivity contribution in [3.8, 4) is 0 Å². The highest BCUT2D eigenvalue weighted by Gasteiger charge is 2.32. The van der Waals surface area contributed by atoms with Crippen LogP contribution in [0.3, 0.4) is 0 Å². The van der Waals surface area contributed by atoms with Gasteiger partial charge in [0.25, 0.3) is 0 Å². The number of carbonyl (C=O) groups excluding carboxylic acids is 1. The lowest BCUT2D eigenvalue weighted by molar-refractivity contribution is -0.141. The topological polar surface area (TPSA) is 41.6 Å². The second kappa shape index (κ2) is 5.83. The molecule has 1 amide bonds. The molecular formula is C16H22N2O2. The smallest absolute Gasteiger partial charge is 0.245 e. The van der Waals surface area contributed by atoms with Gasteiger partial charge in [0, 0.05) is 12.2 Å². The van der Waals surface area contributed by atoms with Gasteiger partial charge in [-0.15, -0.1) is 0 Å². The van der Waals surface area contributed by atoms with Gasteiger partial charge in [0.1, 0.15) is 6.04 Å². The van der Waals surface area contributed by atoms with Gasteiger partial charge in [0.05, 0.1) is 19.3 Å². The van der Waals surface area contributed by atoms with Crippen LogP contribution in [0.5, 0.6) is 0 Å². The predicted octanol–water partition coefficient (Wildman–Crippen LogP) is 2.05. The number of amides is 1. The van der Waals surface area contributed by atoms with Crippen LogP contribution in [0.2, 0.25) is 0 Å². The number of nitrogens with one attached hydrogen (secondary N) is 1. The summed E-state index contributed by atoms with van der Waals surface area (Å²) in [5, 5.41) is 3.41. The van der Waals surface area contributed by atoms with Gasteiger partial charge < -0.3 is 15.0 Å². The number of fused-ring (bicyclic) bond motifs is 1. The third-order valence-electron chi connectivity index (χ3n) is 4.33. The van der Waals surface area contributed by atoms with E-state index in [9.17, 15) is 4.79 Å². The Hall–Kier alpha value is -1.55. The van der Waals surface area contributed by atoms with Crippen LogP contribution in [0.15, 0.2) is 24.3 Å². The van der Waals surface area contributed by atoms with Gasteiger partial charge in [-0.1, -0.05) is 25.1 Å². The molecule has 0 aliphatic carbocycles. The van der Waals surface area contributed by atoms with Crippen molar-refractivity contribution in [3.63, 3.8) is 0 Å². The van der Waals surface area contributed by atoms with Crippen molar-refractivity contribution in [2.24, 2.45) is 0 Å². The summed E-state index contributed by atoms with van der Waals surface area (Å²) in [6.07, 6.45) is 2.80. The van der Waals surface area contributed by atoms with Gasteiger partial charge in [-0.3, -0.25) is 4.79 Å². The molecule has 1 fully saturated rings. The highest BCUT2D eigenvalue weighted by atomic mass is 16.5. The van der Waals surface area contributed by atoms with Crippen LogP contribution in [0.25, 0.3) is 0 Å². The molecule has 2 aliphatic heterocycles. The third-order valence-corrected chi connectivity index (χ3v) is 4.33. The Morgan fingerprint density at radius 2 is 2.30 bits per heavy atom. The van der Waals surface area contributed by atoms with Crippen molar-refractivity contribution < 1.29 is 9.53 Å². The number of para-hydroxylation sites is 1. The summed E-state index contributed by atoms with van der Waals surface area (Å²) < 4.78 is 5.48. The van der Waals surface area contributed by atoms with Crippen molar-refractivity contribution >= 4 is 11.6 Å². The fourth-order valence-electron chi connectivity index (χ4n) is 3.11. The first-order valence-corrected chi connectivity index (χ1v) is 7.52. The number of benzene rings is 1. The number of carbonyl (C=O) groups is 1. The number of hydrogen-bond acceptors (Lipinski definition) is 3. The van der Waals surface area contributed by atoms with Gasteiger partial charge in [-0.2, -0.15) is 0 Å². The van der Waals surface area contributed by atoms with Crippen molar-refractivity contribution in [2.75, 3.05) is 25.1 Å². The van der Waals surface area contributed by atoms with Gasteiger partial charge in [-0.05, 0) is 30.9 Å². The largest absolute Gasteiger partial charge is 0.377 e. The molecule has 2 heterocycles. The van der Waals surface area contributed by atoms with Crippen molar-refractivity contribution in [1.29, 1.82) is 0 Å². The summed E-state index contributed by atoms with van der Waals surface area (Å²) in [7, 11) is 0. The maximum absolute atomic E-state index is 12.7.